The SMILES string of the molecule is COc1ccc(CNC(=O)C(C)Sc2cccc(Cl)c2)cc1OC. The molecule has 4 nitrogen and oxygen atoms in total. The van der Waals surface area contributed by atoms with Crippen molar-refractivity contribution < 1.29 is 14.3 Å². The number of thioether (sulfide) groups is 1. The molecule has 24 heavy (non-hydrogen) atoms. The molecule has 0 saturated carbocycles. The van der Waals surface area contributed by atoms with Crippen molar-refractivity contribution in [3.05, 3.63) is 53.1 Å². The molecule has 2 aromatic carbocycles. The van der Waals surface area contributed by atoms with Crippen molar-refractivity contribution in [1.29, 1.82) is 0 Å². The highest BCUT2D eigenvalue weighted by Gasteiger charge is 2.14. The van der Waals surface area contributed by atoms with E-state index < -0.39 is 0 Å². The number of benzene rings is 2. The van der Waals surface area contributed by atoms with E-state index in [2.05, 4.69) is 5.32 Å². The highest BCUT2D eigenvalue weighted by molar-refractivity contribution is 8.00. The third-order valence-electron chi connectivity index (χ3n) is 3.39. The predicted octanol–water partition coefficient (Wildman–Crippen LogP) is 4.15. The summed E-state index contributed by atoms with van der Waals surface area (Å²) < 4.78 is 10.5. The number of carbonyl (C=O) groups excluding carboxylic acids is 1. The number of ether oxygens (including phenoxy) is 2. The zero-order valence-corrected chi connectivity index (χ0v) is 15.4. The van der Waals surface area contributed by atoms with Gasteiger partial charge in [-0.25, -0.2) is 0 Å². The Balaban J connectivity index is 1.92. The quantitative estimate of drug-likeness (QED) is 0.748. The molecule has 2 rings (SSSR count). The van der Waals surface area contributed by atoms with Crippen LogP contribution in [0.2, 0.25) is 5.02 Å². The van der Waals surface area contributed by atoms with Gasteiger partial charge in [-0.05, 0) is 42.8 Å². The van der Waals surface area contributed by atoms with E-state index >= 15 is 0 Å². The van der Waals surface area contributed by atoms with Crippen molar-refractivity contribution in [3.8, 4) is 11.5 Å². The zero-order valence-electron chi connectivity index (χ0n) is 13.8. The van der Waals surface area contributed by atoms with Gasteiger partial charge in [0, 0.05) is 16.5 Å². The van der Waals surface area contributed by atoms with Crippen LogP contribution in [0.4, 0.5) is 0 Å². The van der Waals surface area contributed by atoms with Crippen LogP contribution in [0.15, 0.2) is 47.4 Å². The van der Waals surface area contributed by atoms with Gasteiger partial charge >= 0.3 is 0 Å². The molecule has 1 amide bonds. The van der Waals surface area contributed by atoms with Crippen molar-refractivity contribution in [3.63, 3.8) is 0 Å². The molecule has 0 aliphatic carbocycles. The average molecular weight is 366 g/mol. The van der Waals surface area contributed by atoms with Crippen LogP contribution >= 0.6 is 23.4 Å². The molecule has 0 fully saturated rings. The lowest BCUT2D eigenvalue weighted by molar-refractivity contribution is -0.120. The number of nitrogens with one attached hydrogen (secondary N) is 1. The monoisotopic (exact) mass is 365 g/mol. The topological polar surface area (TPSA) is 47.6 Å². The Morgan fingerprint density at radius 3 is 2.58 bits per heavy atom. The van der Waals surface area contributed by atoms with Crippen LogP contribution in [0, 0.1) is 0 Å². The molecule has 128 valence electrons. The fourth-order valence-corrected chi connectivity index (χ4v) is 3.33. The van der Waals surface area contributed by atoms with E-state index in [9.17, 15) is 4.79 Å². The Kier molecular flexibility index (Phi) is 6.82. The molecule has 2 aromatic rings. The van der Waals surface area contributed by atoms with E-state index in [0.29, 0.717) is 23.1 Å². The van der Waals surface area contributed by atoms with E-state index in [0.717, 1.165) is 10.5 Å². The maximum Gasteiger partial charge on any atom is 0.233 e. The first kappa shape index (κ1) is 18.5. The van der Waals surface area contributed by atoms with Gasteiger partial charge in [0.1, 0.15) is 0 Å². The number of methoxy groups -OCH3 is 2. The molecule has 0 saturated heterocycles. The minimum absolute atomic E-state index is 0.0326. The first-order valence-corrected chi connectivity index (χ1v) is 8.70. The summed E-state index contributed by atoms with van der Waals surface area (Å²) in [5.41, 5.74) is 0.945. The van der Waals surface area contributed by atoms with Crippen molar-refractivity contribution in [2.75, 3.05) is 14.2 Å². The van der Waals surface area contributed by atoms with Gasteiger partial charge in [-0.2, -0.15) is 0 Å². The number of carbonyl (C=O) groups is 1. The molecule has 0 aliphatic rings. The van der Waals surface area contributed by atoms with E-state index in [1.165, 1.54) is 11.8 Å². The van der Waals surface area contributed by atoms with Crippen molar-refractivity contribution in [1.82, 2.24) is 5.32 Å². The van der Waals surface area contributed by atoms with E-state index in [1.54, 1.807) is 14.2 Å². The number of halogens is 1. The lowest BCUT2D eigenvalue weighted by atomic mass is 10.2. The average Bonchev–Trinajstić information content (AvgIpc) is 2.59. The largest absolute Gasteiger partial charge is 0.493 e. The second-order valence-electron chi connectivity index (χ2n) is 5.12. The summed E-state index contributed by atoms with van der Waals surface area (Å²) in [6.45, 7) is 2.30. The summed E-state index contributed by atoms with van der Waals surface area (Å²) in [5, 5.41) is 3.38. The van der Waals surface area contributed by atoms with Gasteiger partial charge in [0.15, 0.2) is 11.5 Å². The zero-order chi connectivity index (χ0) is 17.5. The number of hydrogen-bond donors (Lipinski definition) is 1. The van der Waals surface area contributed by atoms with Crippen LogP contribution in [0.1, 0.15) is 12.5 Å². The van der Waals surface area contributed by atoms with Gasteiger partial charge in [0.2, 0.25) is 5.91 Å². The highest BCUT2D eigenvalue weighted by atomic mass is 35.5. The number of rotatable bonds is 7. The summed E-state index contributed by atoms with van der Waals surface area (Å²) in [6, 6.07) is 13.1. The highest BCUT2D eigenvalue weighted by Crippen LogP contribution is 2.28. The molecule has 0 bridgehead atoms. The fraction of sp³-hybridized carbons (Fsp3) is 0.278. The Labute approximate surface area is 151 Å². The third kappa shape index (κ3) is 5.08. The van der Waals surface area contributed by atoms with Gasteiger partial charge in [-0.1, -0.05) is 23.7 Å². The van der Waals surface area contributed by atoms with Crippen molar-refractivity contribution in [2.45, 2.75) is 23.6 Å². The summed E-state index contributed by atoms with van der Waals surface area (Å²) in [7, 11) is 3.18. The summed E-state index contributed by atoms with van der Waals surface area (Å²) in [6.07, 6.45) is 0. The molecule has 6 heteroatoms. The summed E-state index contributed by atoms with van der Waals surface area (Å²) in [5.74, 6) is 1.28. The normalized spacial score (nSPS) is 11.7. The van der Waals surface area contributed by atoms with Crippen LogP contribution in [-0.4, -0.2) is 25.4 Å². The van der Waals surface area contributed by atoms with E-state index in [4.69, 9.17) is 21.1 Å². The van der Waals surface area contributed by atoms with Crippen molar-refractivity contribution in [2.24, 2.45) is 0 Å². The molecule has 0 aliphatic heterocycles. The summed E-state index contributed by atoms with van der Waals surface area (Å²) in [4.78, 5) is 13.2. The molecule has 1 unspecified atom stereocenters. The van der Waals surface area contributed by atoms with E-state index in [1.807, 2.05) is 49.4 Å². The lowest BCUT2D eigenvalue weighted by Gasteiger charge is -2.13. The Hall–Kier alpha value is -1.85. The van der Waals surface area contributed by atoms with Crippen molar-refractivity contribution >= 4 is 29.3 Å². The van der Waals surface area contributed by atoms with Gasteiger partial charge in [0.05, 0.1) is 19.5 Å². The minimum atomic E-state index is -0.219. The first-order valence-electron chi connectivity index (χ1n) is 7.44. The van der Waals surface area contributed by atoms with Crippen LogP contribution in [-0.2, 0) is 11.3 Å². The van der Waals surface area contributed by atoms with Gasteiger partial charge in [-0.15, -0.1) is 11.8 Å². The molecular weight excluding hydrogens is 346 g/mol. The van der Waals surface area contributed by atoms with Crippen LogP contribution in [0.3, 0.4) is 0 Å². The molecule has 1 N–H and O–H groups in total. The van der Waals surface area contributed by atoms with E-state index in [-0.39, 0.29) is 11.2 Å². The minimum Gasteiger partial charge on any atom is -0.493 e. The third-order valence-corrected chi connectivity index (χ3v) is 4.72. The predicted molar refractivity (Wildman–Crippen MR) is 98.2 cm³/mol. The lowest BCUT2D eigenvalue weighted by Crippen LogP contribution is -2.30. The number of hydrogen-bond acceptors (Lipinski definition) is 4. The summed E-state index contributed by atoms with van der Waals surface area (Å²) >= 11 is 7.44. The van der Waals surface area contributed by atoms with Crippen LogP contribution in [0.25, 0.3) is 0 Å². The first-order chi connectivity index (χ1) is 11.5. The molecular formula is C18H20ClNO3S. The molecule has 0 aromatic heterocycles. The molecule has 1 atom stereocenters. The van der Waals surface area contributed by atoms with Crippen LogP contribution < -0.4 is 14.8 Å². The van der Waals surface area contributed by atoms with Gasteiger partial charge in [0.25, 0.3) is 0 Å². The second-order valence-corrected chi connectivity index (χ2v) is 6.98. The standard InChI is InChI=1S/C18H20ClNO3S/c1-12(24-15-6-4-5-14(19)10-15)18(21)20-11-13-7-8-16(22-2)17(9-13)23-3/h4-10,12H,11H2,1-3H3,(H,20,21). The fourth-order valence-electron chi connectivity index (χ4n) is 2.12. The smallest absolute Gasteiger partial charge is 0.233 e. The Bertz CT molecular complexity index is 708. The van der Waals surface area contributed by atoms with Gasteiger partial charge in [-0.3, -0.25) is 4.79 Å². The molecule has 0 heterocycles. The van der Waals surface area contributed by atoms with Crippen LogP contribution in [0.5, 0.6) is 11.5 Å². The van der Waals surface area contributed by atoms with Gasteiger partial charge < -0.3 is 14.8 Å². The Morgan fingerprint density at radius 2 is 1.92 bits per heavy atom. The second kappa shape index (κ2) is 8.85. The Morgan fingerprint density at radius 1 is 1.17 bits per heavy atom. The molecule has 0 spiro atoms. The maximum absolute atomic E-state index is 12.3. The maximum atomic E-state index is 12.3. The molecule has 0 radical (unpaired) electrons. The number of amides is 1.